The van der Waals surface area contributed by atoms with Crippen LogP contribution in [-0.4, -0.2) is 19.3 Å². The maximum Gasteiger partial charge on any atom is 0.0738 e. The van der Waals surface area contributed by atoms with Gasteiger partial charge in [-0.05, 0) is 70.8 Å². The number of nitrogens with two attached hydrogens (primary N) is 2. The zero-order chi connectivity index (χ0) is 33.6. The van der Waals surface area contributed by atoms with Gasteiger partial charge in [-0.3, -0.25) is 9.35 Å². The van der Waals surface area contributed by atoms with Crippen molar-refractivity contribution in [3.8, 4) is 44.5 Å². The van der Waals surface area contributed by atoms with Crippen molar-refractivity contribution < 1.29 is 0 Å². The van der Waals surface area contributed by atoms with Gasteiger partial charge in [-0.25, -0.2) is 9.97 Å². The lowest BCUT2D eigenvalue weighted by molar-refractivity contribution is 1.11. The minimum atomic E-state index is 0.810. The molecule has 2 aliphatic rings. The smallest absolute Gasteiger partial charge is 0.0738 e. The normalized spacial score (nSPS) is 12.0. The molecule has 9 rings (SSSR count). The number of aromatic nitrogens is 4. The Hall–Kier alpha value is -6.92. The monoisotopic (exact) mass is 644 g/mol. The van der Waals surface area contributed by atoms with E-state index in [-0.39, 0.29) is 0 Å². The topological polar surface area (TPSA) is 87.7 Å². The first-order valence-corrected chi connectivity index (χ1v) is 16.6. The fourth-order valence-electron chi connectivity index (χ4n) is 7.12. The van der Waals surface area contributed by atoms with Crippen LogP contribution in [0.25, 0.3) is 90.9 Å². The number of nitrogen functional groups attached to an aromatic ring is 2. The van der Waals surface area contributed by atoms with Gasteiger partial charge in [0, 0.05) is 22.3 Å². The molecule has 5 heterocycles. The summed E-state index contributed by atoms with van der Waals surface area (Å²) in [4.78, 5) is 10.7. The van der Waals surface area contributed by atoms with Crippen molar-refractivity contribution in [1.82, 2.24) is 19.3 Å². The Labute approximate surface area is 289 Å². The number of rotatable bonds is 4. The van der Waals surface area contributed by atoms with Crippen LogP contribution in [0.4, 0.5) is 0 Å². The lowest BCUT2D eigenvalue weighted by atomic mass is 10.0. The summed E-state index contributed by atoms with van der Waals surface area (Å²) in [5.74, 6) is 14.3. The molecule has 6 nitrogen and oxygen atoms in total. The summed E-state index contributed by atoms with van der Waals surface area (Å²) in [6, 6.07) is 49.5. The van der Waals surface area contributed by atoms with Crippen LogP contribution >= 0.6 is 0 Å². The van der Waals surface area contributed by atoms with E-state index >= 15 is 0 Å². The standard InChI is InChI=1S/C44H32N6/c45-49-37-25-26-38(49)43(31-17-9-3-10-18-31)35-23-24-36(48-35)44(32-19-11-4-12-20-32)40-28-27-39(50(40)46)42(30-15-7-2-8-16-30)34-22-21-33(47-34)41(37)29-13-5-1-6-14-29/h1-28H,45-46H2. The molecule has 0 unspecified atom stereocenters. The second-order valence-electron chi connectivity index (χ2n) is 12.3. The molecule has 0 aliphatic carbocycles. The third-order valence-corrected chi connectivity index (χ3v) is 9.42. The van der Waals surface area contributed by atoms with Crippen molar-refractivity contribution in [2.45, 2.75) is 0 Å². The van der Waals surface area contributed by atoms with Crippen molar-refractivity contribution >= 4 is 46.4 Å². The van der Waals surface area contributed by atoms with E-state index < -0.39 is 0 Å². The highest BCUT2D eigenvalue weighted by molar-refractivity contribution is 6.00. The molecule has 4 aromatic carbocycles. The molecule has 0 atom stereocenters. The van der Waals surface area contributed by atoms with Gasteiger partial charge >= 0.3 is 0 Å². The van der Waals surface area contributed by atoms with Gasteiger partial charge < -0.3 is 11.7 Å². The van der Waals surface area contributed by atoms with E-state index in [0.29, 0.717) is 0 Å². The van der Waals surface area contributed by atoms with Crippen LogP contribution in [0, 0.1) is 0 Å². The first-order chi connectivity index (χ1) is 24.7. The van der Waals surface area contributed by atoms with Crippen molar-refractivity contribution in [1.29, 1.82) is 0 Å². The van der Waals surface area contributed by atoms with Gasteiger partial charge in [-0.1, -0.05) is 121 Å². The van der Waals surface area contributed by atoms with E-state index in [9.17, 15) is 0 Å². The van der Waals surface area contributed by atoms with Crippen molar-refractivity contribution in [3.05, 3.63) is 168 Å². The average Bonchev–Trinajstić information content (AvgIpc) is 3.98. The molecule has 6 heteroatoms. The SMILES string of the molecule is Nn1c2ccc1c(-c1ccccc1)c1nc(c(-c3ccccc3)c3ccc(c(-c4ccccc4)c4nc(c2-c2ccccc2)C=C4)n3N)C=C1. The third kappa shape index (κ3) is 4.81. The molecule has 4 N–H and O–H groups in total. The maximum absolute atomic E-state index is 7.15. The number of fused-ring (bicyclic) bond motifs is 8. The molecule has 50 heavy (non-hydrogen) atoms. The molecule has 7 aromatic rings. The van der Waals surface area contributed by atoms with Crippen LogP contribution in [-0.2, 0) is 0 Å². The summed E-state index contributed by atoms with van der Waals surface area (Å²) in [5, 5.41) is 0. The second-order valence-corrected chi connectivity index (χ2v) is 12.3. The largest absolute Gasteiger partial charge is 0.339 e. The lowest BCUT2D eigenvalue weighted by Crippen LogP contribution is -2.09. The number of benzene rings is 4. The number of hydrogen-bond acceptors (Lipinski definition) is 4. The fraction of sp³-hybridized carbons (Fsp3) is 0. The molecule has 238 valence electrons. The van der Waals surface area contributed by atoms with Gasteiger partial charge in [0.15, 0.2) is 0 Å². The van der Waals surface area contributed by atoms with E-state index in [0.717, 1.165) is 89.4 Å². The molecule has 0 saturated heterocycles. The Morgan fingerprint density at radius 2 is 0.520 bits per heavy atom. The quantitative estimate of drug-likeness (QED) is 0.187. The Morgan fingerprint density at radius 3 is 0.740 bits per heavy atom. The zero-order valence-electron chi connectivity index (χ0n) is 27.1. The van der Waals surface area contributed by atoms with Crippen LogP contribution in [0.2, 0.25) is 0 Å². The van der Waals surface area contributed by atoms with E-state index in [1.807, 2.05) is 72.8 Å². The van der Waals surface area contributed by atoms with Gasteiger partial charge in [0.2, 0.25) is 0 Å². The van der Waals surface area contributed by atoms with Crippen LogP contribution in [0.15, 0.2) is 146 Å². The van der Waals surface area contributed by atoms with Crippen LogP contribution in [0.1, 0.15) is 22.8 Å². The molecule has 0 saturated carbocycles. The molecule has 0 spiro atoms. The summed E-state index contributed by atoms with van der Waals surface area (Å²) < 4.78 is 3.55. The molecule has 0 radical (unpaired) electrons. The van der Waals surface area contributed by atoms with E-state index in [4.69, 9.17) is 21.7 Å². The summed E-state index contributed by atoms with van der Waals surface area (Å²) in [6.45, 7) is 0. The van der Waals surface area contributed by atoms with Crippen LogP contribution in [0.5, 0.6) is 0 Å². The predicted octanol–water partition coefficient (Wildman–Crippen LogP) is 9.70. The molecular formula is C44H32N6. The summed E-state index contributed by atoms with van der Waals surface area (Å²) >= 11 is 0. The summed E-state index contributed by atoms with van der Waals surface area (Å²) in [6.07, 6.45) is 8.29. The number of nitrogens with zero attached hydrogens (tertiary/aromatic N) is 4. The summed E-state index contributed by atoms with van der Waals surface area (Å²) in [5.41, 5.74) is 14.4. The van der Waals surface area contributed by atoms with Gasteiger partial charge in [-0.2, -0.15) is 0 Å². The molecule has 0 amide bonds. The van der Waals surface area contributed by atoms with Gasteiger partial charge in [0.1, 0.15) is 0 Å². The molecule has 0 fully saturated rings. The second kappa shape index (κ2) is 12.0. The molecule has 8 bridgehead atoms. The highest BCUT2D eigenvalue weighted by atomic mass is 15.3. The number of hydrogen-bond donors (Lipinski definition) is 2. The van der Waals surface area contributed by atoms with Crippen molar-refractivity contribution in [2.24, 2.45) is 0 Å². The molecule has 3 aromatic heterocycles. The minimum Gasteiger partial charge on any atom is -0.339 e. The third-order valence-electron chi connectivity index (χ3n) is 9.42. The Kier molecular flexibility index (Phi) is 6.99. The van der Waals surface area contributed by atoms with E-state index in [1.165, 1.54) is 0 Å². The fourth-order valence-corrected chi connectivity index (χ4v) is 7.12. The molecular weight excluding hydrogens is 613 g/mol. The van der Waals surface area contributed by atoms with E-state index in [1.54, 1.807) is 9.35 Å². The zero-order valence-corrected chi connectivity index (χ0v) is 27.1. The Morgan fingerprint density at radius 1 is 0.300 bits per heavy atom. The minimum absolute atomic E-state index is 0.810. The average molecular weight is 645 g/mol. The molecule has 2 aliphatic heterocycles. The lowest BCUT2D eigenvalue weighted by Gasteiger charge is -2.11. The van der Waals surface area contributed by atoms with Crippen molar-refractivity contribution in [2.75, 3.05) is 11.7 Å². The van der Waals surface area contributed by atoms with Crippen LogP contribution in [0.3, 0.4) is 0 Å². The van der Waals surface area contributed by atoms with Crippen LogP contribution < -0.4 is 11.7 Å². The van der Waals surface area contributed by atoms with E-state index in [2.05, 4.69) is 97.1 Å². The maximum atomic E-state index is 7.15. The van der Waals surface area contributed by atoms with Gasteiger partial charge in [-0.15, -0.1) is 0 Å². The van der Waals surface area contributed by atoms with Gasteiger partial charge in [0.05, 0.1) is 44.8 Å². The van der Waals surface area contributed by atoms with Crippen molar-refractivity contribution in [3.63, 3.8) is 0 Å². The Bertz CT molecular complexity index is 2270. The highest BCUT2D eigenvalue weighted by Crippen LogP contribution is 2.39. The first kappa shape index (κ1) is 29.2. The summed E-state index contributed by atoms with van der Waals surface area (Å²) in [7, 11) is 0. The highest BCUT2D eigenvalue weighted by Gasteiger charge is 2.21. The Balaban J connectivity index is 1.53. The predicted molar refractivity (Wildman–Crippen MR) is 208 cm³/mol. The van der Waals surface area contributed by atoms with Gasteiger partial charge in [0.25, 0.3) is 0 Å². The first-order valence-electron chi connectivity index (χ1n) is 16.6.